The van der Waals surface area contributed by atoms with Crippen molar-refractivity contribution in [1.82, 2.24) is 10.2 Å². The highest BCUT2D eigenvalue weighted by molar-refractivity contribution is 7.99. The van der Waals surface area contributed by atoms with Crippen molar-refractivity contribution in [2.24, 2.45) is 5.92 Å². The molecule has 1 aliphatic heterocycles. The Kier molecular flexibility index (Phi) is 4.46. The number of thioether (sulfide) groups is 1. The first-order chi connectivity index (χ1) is 13.6. The molecule has 0 radical (unpaired) electrons. The van der Waals surface area contributed by atoms with Crippen LogP contribution in [-0.4, -0.2) is 40.8 Å². The van der Waals surface area contributed by atoms with Gasteiger partial charge in [-0.25, -0.2) is 0 Å². The number of aryl methyl sites for hydroxylation is 2. The van der Waals surface area contributed by atoms with Crippen LogP contribution < -0.4 is 5.32 Å². The minimum atomic E-state index is -0.475. The van der Waals surface area contributed by atoms with Crippen LogP contribution in [0, 0.1) is 12.8 Å². The van der Waals surface area contributed by atoms with Gasteiger partial charge < -0.3 is 14.6 Å². The molecule has 4 unspecified atom stereocenters. The Morgan fingerprint density at radius 1 is 1.21 bits per heavy atom. The molecular weight excluding hydrogens is 372 g/mol. The van der Waals surface area contributed by atoms with Gasteiger partial charge in [0.15, 0.2) is 0 Å². The van der Waals surface area contributed by atoms with Crippen LogP contribution in [0.5, 0.6) is 0 Å². The molecule has 146 valence electrons. The number of carbonyl (C=O) groups excluding carboxylic acids is 2. The van der Waals surface area contributed by atoms with E-state index in [9.17, 15) is 9.59 Å². The Hall–Kier alpha value is -2.21. The van der Waals surface area contributed by atoms with Crippen molar-refractivity contribution in [3.05, 3.63) is 59.0 Å². The molecule has 1 N–H and O–H groups in total. The summed E-state index contributed by atoms with van der Waals surface area (Å²) in [5.74, 6) is 3.11. The van der Waals surface area contributed by atoms with Gasteiger partial charge in [0.05, 0.1) is 6.04 Å². The van der Waals surface area contributed by atoms with Gasteiger partial charge in [0, 0.05) is 30.0 Å². The fourth-order valence-corrected chi connectivity index (χ4v) is 5.88. The Morgan fingerprint density at radius 2 is 2.07 bits per heavy atom. The van der Waals surface area contributed by atoms with Crippen LogP contribution in [-0.2, 0) is 16.0 Å². The van der Waals surface area contributed by atoms with E-state index in [0.29, 0.717) is 18.4 Å². The molecule has 2 aliphatic carbocycles. The van der Waals surface area contributed by atoms with Gasteiger partial charge in [-0.3, -0.25) is 9.59 Å². The fraction of sp³-hybridized carbons (Fsp3) is 0.455. The minimum Gasteiger partial charge on any atom is -0.464 e. The summed E-state index contributed by atoms with van der Waals surface area (Å²) in [5, 5.41) is 3.04. The lowest BCUT2D eigenvalue weighted by molar-refractivity contribution is -0.147. The van der Waals surface area contributed by atoms with Crippen molar-refractivity contribution in [1.29, 1.82) is 0 Å². The van der Waals surface area contributed by atoms with Crippen molar-refractivity contribution >= 4 is 23.6 Å². The van der Waals surface area contributed by atoms with Crippen molar-refractivity contribution in [2.45, 2.75) is 37.8 Å². The van der Waals surface area contributed by atoms with Crippen LogP contribution in [0.25, 0.3) is 0 Å². The number of benzene rings is 1. The molecule has 2 aromatic rings. The van der Waals surface area contributed by atoms with E-state index in [2.05, 4.69) is 29.6 Å². The van der Waals surface area contributed by atoms with Crippen LogP contribution in [0.15, 0.2) is 40.8 Å². The summed E-state index contributed by atoms with van der Waals surface area (Å²) in [6, 6.07) is 12.2. The SMILES string of the molecule is Cc1ccc(C2CSCCN2C(=O)C(=O)NC2C3CCc4ccccc4C32)o1. The minimum absolute atomic E-state index is 0.0866. The predicted octanol–water partition coefficient (Wildman–Crippen LogP) is 3.05. The normalized spacial score (nSPS) is 28.2. The van der Waals surface area contributed by atoms with Gasteiger partial charge in [0.25, 0.3) is 0 Å². The molecule has 1 saturated carbocycles. The molecule has 6 heteroatoms. The van der Waals surface area contributed by atoms with Gasteiger partial charge in [-0.1, -0.05) is 24.3 Å². The highest BCUT2D eigenvalue weighted by Gasteiger charge is 2.54. The molecule has 2 fully saturated rings. The maximum absolute atomic E-state index is 13.0. The lowest BCUT2D eigenvalue weighted by Crippen LogP contribution is -2.48. The molecule has 0 bridgehead atoms. The maximum atomic E-state index is 13.0. The Bertz CT molecular complexity index is 924. The largest absolute Gasteiger partial charge is 0.464 e. The molecule has 1 aromatic carbocycles. The quantitative estimate of drug-likeness (QED) is 0.793. The van der Waals surface area contributed by atoms with Crippen LogP contribution in [0.3, 0.4) is 0 Å². The van der Waals surface area contributed by atoms with Crippen molar-refractivity contribution < 1.29 is 14.0 Å². The van der Waals surface area contributed by atoms with Crippen LogP contribution >= 0.6 is 11.8 Å². The van der Waals surface area contributed by atoms with Gasteiger partial charge in [-0.15, -0.1) is 0 Å². The third kappa shape index (κ3) is 3.04. The summed E-state index contributed by atoms with van der Waals surface area (Å²) in [6.45, 7) is 2.46. The smallest absolute Gasteiger partial charge is 0.312 e. The number of hydrogen-bond acceptors (Lipinski definition) is 4. The monoisotopic (exact) mass is 396 g/mol. The lowest BCUT2D eigenvalue weighted by atomic mass is 9.92. The molecule has 4 atom stereocenters. The van der Waals surface area contributed by atoms with Crippen LogP contribution in [0.4, 0.5) is 0 Å². The van der Waals surface area contributed by atoms with E-state index in [0.717, 1.165) is 35.9 Å². The number of amides is 2. The molecule has 28 heavy (non-hydrogen) atoms. The average Bonchev–Trinajstić information content (AvgIpc) is 3.25. The number of rotatable bonds is 2. The molecule has 2 heterocycles. The summed E-state index contributed by atoms with van der Waals surface area (Å²) in [5.41, 5.74) is 2.72. The molecule has 3 aliphatic rings. The third-order valence-electron chi connectivity index (χ3n) is 6.30. The second kappa shape index (κ2) is 6.99. The van der Waals surface area contributed by atoms with Gasteiger partial charge in [-0.2, -0.15) is 11.8 Å². The first-order valence-corrected chi connectivity index (χ1v) is 11.1. The van der Waals surface area contributed by atoms with Gasteiger partial charge in [0.2, 0.25) is 0 Å². The zero-order valence-electron chi connectivity index (χ0n) is 15.9. The summed E-state index contributed by atoms with van der Waals surface area (Å²) in [4.78, 5) is 27.4. The van der Waals surface area contributed by atoms with E-state index in [1.54, 1.807) is 16.7 Å². The van der Waals surface area contributed by atoms with E-state index in [1.807, 2.05) is 19.1 Å². The second-order valence-corrected chi connectivity index (χ2v) is 9.11. The summed E-state index contributed by atoms with van der Waals surface area (Å²) in [7, 11) is 0. The number of fused-ring (bicyclic) bond motifs is 3. The molecule has 2 amide bonds. The van der Waals surface area contributed by atoms with Crippen LogP contribution in [0.2, 0.25) is 0 Å². The van der Waals surface area contributed by atoms with E-state index < -0.39 is 11.8 Å². The summed E-state index contributed by atoms with van der Waals surface area (Å²) >= 11 is 1.79. The van der Waals surface area contributed by atoms with Gasteiger partial charge >= 0.3 is 11.8 Å². The zero-order valence-corrected chi connectivity index (χ0v) is 16.7. The topological polar surface area (TPSA) is 62.6 Å². The second-order valence-electron chi connectivity index (χ2n) is 7.96. The van der Waals surface area contributed by atoms with Gasteiger partial charge in [-0.05, 0) is 48.9 Å². The molecule has 1 aromatic heterocycles. The first kappa shape index (κ1) is 17.9. The fourth-order valence-electron chi connectivity index (χ4n) is 4.82. The molecule has 5 nitrogen and oxygen atoms in total. The first-order valence-electron chi connectivity index (χ1n) is 9.97. The zero-order chi connectivity index (χ0) is 19.3. The van der Waals surface area contributed by atoms with E-state index in [4.69, 9.17) is 4.42 Å². The lowest BCUT2D eigenvalue weighted by Gasteiger charge is -2.33. The van der Waals surface area contributed by atoms with E-state index in [1.165, 1.54) is 11.1 Å². The number of carbonyl (C=O) groups is 2. The molecule has 0 spiro atoms. The van der Waals surface area contributed by atoms with Gasteiger partial charge in [0.1, 0.15) is 11.5 Å². The third-order valence-corrected chi connectivity index (χ3v) is 7.32. The van der Waals surface area contributed by atoms with Crippen molar-refractivity contribution in [3.8, 4) is 0 Å². The Balaban J connectivity index is 1.29. The average molecular weight is 397 g/mol. The Morgan fingerprint density at radius 3 is 2.89 bits per heavy atom. The number of nitrogens with one attached hydrogen (secondary N) is 1. The summed E-state index contributed by atoms with van der Waals surface area (Å²) in [6.07, 6.45) is 2.14. The standard InChI is InChI=1S/C22H24N2O3S/c1-13-6-9-18(27-13)17-12-28-11-10-24(17)22(26)21(25)23-20-16-8-7-14-4-2-3-5-15(14)19(16)20/h2-6,9,16-17,19-20H,7-8,10-12H2,1H3,(H,23,25). The number of hydrogen-bond donors (Lipinski definition) is 1. The van der Waals surface area contributed by atoms with E-state index in [-0.39, 0.29) is 12.1 Å². The number of nitrogens with zero attached hydrogens (tertiary/aromatic N) is 1. The number of furan rings is 1. The van der Waals surface area contributed by atoms with Crippen molar-refractivity contribution in [2.75, 3.05) is 18.1 Å². The summed E-state index contributed by atoms with van der Waals surface area (Å²) < 4.78 is 5.75. The highest BCUT2D eigenvalue weighted by Crippen LogP contribution is 2.54. The maximum Gasteiger partial charge on any atom is 0.312 e. The highest BCUT2D eigenvalue weighted by atomic mass is 32.2. The Labute approximate surface area is 168 Å². The van der Waals surface area contributed by atoms with E-state index >= 15 is 0 Å². The molecular formula is C22H24N2O3S. The van der Waals surface area contributed by atoms with Crippen LogP contribution in [0.1, 0.15) is 41.0 Å². The van der Waals surface area contributed by atoms with Crippen molar-refractivity contribution in [3.63, 3.8) is 0 Å². The molecule has 1 saturated heterocycles. The predicted molar refractivity (Wildman–Crippen MR) is 108 cm³/mol. The molecule has 5 rings (SSSR count).